The van der Waals surface area contributed by atoms with Gasteiger partial charge < -0.3 is 48.8 Å². The molecule has 0 amide bonds. The fraction of sp³-hybridized carbons (Fsp3) is 0.585. The zero-order valence-electron chi connectivity index (χ0n) is 39.2. The molecule has 4 rings (SSSR count). The summed E-state index contributed by atoms with van der Waals surface area (Å²) in [4.78, 5) is 29.3. The number of halogens is 2. The molecule has 1 aliphatic rings. The van der Waals surface area contributed by atoms with Gasteiger partial charge in [-0.15, -0.1) is 0 Å². The summed E-state index contributed by atoms with van der Waals surface area (Å²) in [7, 11) is 0. The third-order valence-corrected chi connectivity index (χ3v) is 12.2. The number of hydrogen-bond donors (Lipinski definition) is 1. The lowest BCUT2D eigenvalue weighted by Gasteiger charge is -2.31. The first-order valence-electron chi connectivity index (χ1n) is 23.8. The molecular formula is C53H79Br2N3O4. The number of nitrogens with one attached hydrogen (secondary N) is 1. The van der Waals surface area contributed by atoms with E-state index in [-0.39, 0.29) is 45.9 Å². The number of nitrogens with zero attached hydrogens (tertiary/aromatic N) is 2. The highest BCUT2D eigenvalue weighted by Gasteiger charge is 2.42. The first kappa shape index (κ1) is 54.8. The minimum absolute atomic E-state index is 0. The number of esters is 2. The largest absolute Gasteiger partial charge is 1.00 e. The third kappa shape index (κ3) is 18.8. The molecule has 344 valence electrons. The molecule has 1 N–H and O–H groups in total. The van der Waals surface area contributed by atoms with Crippen molar-refractivity contribution in [3.8, 4) is 0 Å². The third-order valence-electron chi connectivity index (χ3n) is 12.2. The molecule has 0 atom stereocenters. The van der Waals surface area contributed by atoms with Gasteiger partial charge in [0.1, 0.15) is 0 Å². The number of allylic oxidation sites excluding steroid dienone is 2. The van der Waals surface area contributed by atoms with E-state index in [0.717, 1.165) is 66.6 Å². The monoisotopic (exact) mass is 979 g/mol. The van der Waals surface area contributed by atoms with Gasteiger partial charge in [0.05, 0.1) is 41.7 Å². The van der Waals surface area contributed by atoms with E-state index >= 15 is 0 Å². The summed E-state index contributed by atoms with van der Waals surface area (Å²) in [6.07, 6.45) is 32.5. The number of carbonyl (C=O) groups excluding carboxylic acids is 2. The second-order valence-corrected chi connectivity index (χ2v) is 17.4. The Kier molecular flexibility index (Phi) is 27.9. The van der Waals surface area contributed by atoms with Gasteiger partial charge in [-0.05, 0) is 57.2 Å². The van der Waals surface area contributed by atoms with E-state index in [1.165, 1.54) is 101 Å². The number of aryl methyl sites for hydroxylation is 4. The Bertz CT molecular complexity index is 1710. The van der Waals surface area contributed by atoms with Crippen molar-refractivity contribution in [1.29, 1.82) is 0 Å². The van der Waals surface area contributed by atoms with Crippen molar-refractivity contribution in [3.05, 3.63) is 118 Å². The molecule has 0 aliphatic carbocycles. The normalized spacial score (nSPS) is 12.7. The van der Waals surface area contributed by atoms with E-state index in [9.17, 15) is 9.59 Å². The highest BCUT2D eigenvalue weighted by molar-refractivity contribution is 6.00. The second kappa shape index (κ2) is 31.5. The van der Waals surface area contributed by atoms with E-state index < -0.39 is 5.92 Å². The lowest BCUT2D eigenvalue weighted by atomic mass is 9.80. The zero-order valence-corrected chi connectivity index (χ0v) is 42.4. The molecule has 1 aromatic carbocycles. The van der Waals surface area contributed by atoms with Gasteiger partial charge in [-0.25, -0.2) is 9.59 Å². The Labute approximate surface area is 397 Å². The van der Waals surface area contributed by atoms with Gasteiger partial charge in [0.15, 0.2) is 37.9 Å². The van der Waals surface area contributed by atoms with Crippen LogP contribution in [-0.4, -0.2) is 25.2 Å². The number of carbonyl (C=O) groups is 2. The fourth-order valence-electron chi connectivity index (χ4n) is 8.21. The summed E-state index contributed by atoms with van der Waals surface area (Å²) in [5.74, 6) is -1.44. The van der Waals surface area contributed by atoms with Crippen LogP contribution in [0.15, 0.2) is 89.8 Å². The molecule has 7 nitrogen and oxygen atoms in total. The highest BCUT2D eigenvalue weighted by atomic mass is 79.9. The number of rotatable bonds is 29. The maximum Gasteiger partial charge on any atom is 0.337 e. The summed E-state index contributed by atoms with van der Waals surface area (Å²) in [5.41, 5.74) is 8.00. The number of unbranched alkanes of at least 4 members (excludes halogenated alkanes) is 18. The van der Waals surface area contributed by atoms with E-state index in [4.69, 9.17) is 9.47 Å². The summed E-state index contributed by atoms with van der Waals surface area (Å²) < 4.78 is 16.6. The van der Waals surface area contributed by atoms with Crippen molar-refractivity contribution in [2.45, 2.75) is 189 Å². The number of pyridine rings is 2. The molecule has 0 radical (unpaired) electrons. The zero-order chi connectivity index (χ0) is 43.0. The maximum atomic E-state index is 14.6. The van der Waals surface area contributed by atoms with Crippen molar-refractivity contribution in [2.24, 2.45) is 0 Å². The predicted molar refractivity (Wildman–Crippen MR) is 244 cm³/mol. The van der Waals surface area contributed by atoms with Crippen molar-refractivity contribution < 1.29 is 62.2 Å². The van der Waals surface area contributed by atoms with Crippen LogP contribution in [0.2, 0.25) is 0 Å². The van der Waals surface area contributed by atoms with Crippen LogP contribution < -0.4 is 48.4 Å². The quantitative estimate of drug-likeness (QED) is 0.0524. The number of dihydropyridines is 1. The van der Waals surface area contributed by atoms with Crippen molar-refractivity contribution in [3.63, 3.8) is 0 Å². The van der Waals surface area contributed by atoms with Crippen LogP contribution in [0.1, 0.15) is 176 Å². The van der Waals surface area contributed by atoms with E-state index in [0.29, 0.717) is 37.4 Å². The Morgan fingerprint density at radius 1 is 0.500 bits per heavy atom. The summed E-state index contributed by atoms with van der Waals surface area (Å²) >= 11 is 0. The first-order chi connectivity index (χ1) is 29.2. The molecule has 0 saturated heterocycles. The number of ether oxygens (including phenoxy) is 2. The summed E-state index contributed by atoms with van der Waals surface area (Å²) in [6, 6.07) is 14.2. The fourth-order valence-corrected chi connectivity index (χ4v) is 8.21. The molecule has 3 heterocycles. The predicted octanol–water partition coefficient (Wildman–Crippen LogP) is 6.03. The van der Waals surface area contributed by atoms with Crippen LogP contribution in [0.25, 0.3) is 0 Å². The topological polar surface area (TPSA) is 72.4 Å². The maximum absolute atomic E-state index is 14.6. The molecule has 0 saturated carbocycles. The minimum Gasteiger partial charge on any atom is -1.00 e. The van der Waals surface area contributed by atoms with E-state index in [2.05, 4.69) is 92.9 Å². The van der Waals surface area contributed by atoms with E-state index in [1.54, 1.807) is 0 Å². The van der Waals surface area contributed by atoms with Gasteiger partial charge in [0.2, 0.25) is 0 Å². The lowest BCUT2D eigenvalue weighted by Crippen LogP contribution is -3.00. The van der Waals surface area contributed by atoms with Crippen molar-refractivity contribution >= 4 is 11.9 Å². The SMILES string of the molecule is CCCCCCCCCCCCOC(=O)C1=C(C[n+]2ccc(C)c(C)c2)NC(C[n+]2ccc(C)c(C)c2)=C(C(=O)OCCCCCCCCCCCC)C1c1ccccc1.[Br-].[Br-]. The van der Waals surface area contributed by atoms with Crippen LogP contribution in [0.3, 0.4) is 0 Å². The molecule has 0 fully saturated rings. The van der Waals surface area contributed by atoms with Gasteiger partial charge in [-0.3, -0.25) is 0 Å². The van der Waals surface area contributed by atoms with Crippen LogP contribution in [0.5, 0.6) is 0 Å². The van der Waals surface area contributed by atoms with E-state index in [1.807, 2.05) is 30.3 Å². The summed E-state index contributed by atoms with van der Waals surface area (Å²) in [5, 5.41) is 3.68. The van der Waals surface area contributed by atoms with Crippen molar-refractivity contribution in [1.82, 2.24) is 5.32 Å². The Morgan fingerprint density at radius 2 is 0.855 bits per heavy atom. The molecule has 1 aliphatic heterocycles. The van der Waals surface area contributed by atoms with Crippen molar-refractivity contribution in [2.75, 3.05) is 13.2 Å². The van der Waals surface area contributed by atoms with Gasteiger partial charge >= 0.3 is 11.9 Å². The highest BCUT2D eigenvalue weighted by Crippen LogP contribution is 2.40. The lowest BCUT2D eigenvalue weighted by molar-refractivity contribution is -0.692. The van der Waals surface area contributed by atoms with Gasteiger partial charge in [0.25, 0.3) is 0 Å². The Balaban J connectivity index is 0.00000661. The average molecular weight is 982 g/mol. The van der Waals surface area contributed by atoms with Gasteiger partial charge in [-0.2, -0.15) is 9.13 Å². The van der Waals surface area contributed by atoms with Crippen LogP contribution in [0, 0.1) is 27.7 Å². The van der Waals surface area contributed by atoms with Crippen LogP contribution in [-0.2, 0) is 32.2 Å². The smallest absolute Gasteiger partial charge is 0.337 e. The molecular weight excluding hydrogens is 902 g/mol. The van der Waals surface area contributed by atoms with Crippen LogP contribution in [0.4, 0.5) is 0 Å². The number of hydrogen-bond acceptors (Lipinski definition) is 5. The minimum atomic E-state index is -0.669. The molecule has 9 heteroatoms. The van der Waals surface area contributed by atoms with Crippen LogP contribution >= 0.6 is 0 Å². The van der Waals surface area contributed by atoms with Gasteiger partial charge in [0, 0.05) is 23.3 Å². The molecule has 3 aromatic rings. The Hall–Kier alpha value is -3.30. The summed E-state index contributed by atoms with van der Waals surface area (Å²) in [6.45, 7) is 14.5. The Morgan fingerprint density at radius 3 is 1.21 bits per heavy atom. The molecule has 62 heavy (non-hydrogen) atoms. The molecule has 0 spiro atoms. The van der Waals surface area contributed by atoms with Gasteiger partial charge in [-0.1, -0.05) is 160 Å². The molecule has 2 aromatic heterocycles. The number of aromatic nitrogens is 2. The first-order valence-corrected chi connectivity index (χ1v) is 23.8. The molecule has 0 bridgehead atoms. The second-order valence-electron chi connectivity index (χ2n) is 17.4. The average Bonchev–Trinajstić information content (AvgIpc) is 3.24. The standard InChI is InChI=1S/C53H78N3O4.2BrH/c1-7-9-11-13-15-17-19-21-23-28-36-59-52(57)50-47(40-55-34-32-42(3)44(5)38-55)54-48(41-56-35-33-43(4)45(6)39-56)51(49(50)46-30-26-25-27-31-46)53(58)60-37-29-24-22-20-18-16-14-12-10-8-2;;/h25-27,30-35,38-39,49H,7-24,28-29,36-37,40-41H2,1-6H3;2*1H/q+1;;/p-1. The molecule has 0 unspecified atom stereocenters. The number of benzene rings is 1.